The van der Waals surface area contributed by atoms with Crippen LogP contribution in [-0.2, 0) is 0 Å². The molecule has 19 heavy (non-hydrogen) atoms. The Balaban J connectivity index is 2.36. The van der Waals surface area contributed by atoms with Crippen molar-refractivity contribution in [1.29, 1.82) is 0 Å². The molecule has 0 spiro atoms. The fourth-order valence-electron chi connectivity index (χ4n) is 1.80. The van der Waals surface area contributed by atoms with Crippen LogP contribution in [0.25, 0.3) is 0 Å². The lowest BCUT2D eigenvalue weighted by Gasteiger charge is -2.21. The zero-order valence-corrected chi connectivity index (χ0v) is 10.4. The summed E-state index contributed by atoms with van der Waals surface area (Å²) < 4.78 is 12.9. The summed E-state index contributed by atoms with van der Waals surface area (Å²) >= 11 is 0. The maximum absolute atomic E-state index is 12.9. The third-order valence-corrected chi connectivity index (χ3v) is 2.73. The molecule has 0 unspecified atom stereocenters. The average molecular weight is 260 g/mol. The van der Waals surface area contributed by atoms with E-state index in [0.29, 0.717) is 12.2 Å². The van der Waals surface area contributed by atoms with Crippen molar-refractivity contribution in [2.45, 2.75) is 6.92 Å². The molecule has 4 nitrogen and oxygen atoms in total. The van der Waals surface area contributed by atoms with Crippen LogP contribution in [0.3, 0.4) is 0 Å². The van der Waals surface area contributed by atoms with Crippen LogP contribution in [0.5, 0.6) is 5.75 Å². The predicted octanol–water partition coefficient (Wildman–Crippen LogP) is 2.59. The van der Waals surface area contributed by atoms with Gasteiger partial charge in [-0.25, -0.2) is 4.39 Å². The van der Waals surface area contributed by atoms with Crippen LogP contribution in [0.2, 0.25) is 0 Å². The second-order valence-corrected chi connectivity index (χ2v) is 3.92. The van der Waals surface area contributed by atoms with Gasteiger partial charge in [0.05, 0.1) is 5.56 Å². The summed E-state index contributed by atoms with van der Waals surface area (Å²) in [4.78, 5) is 17.7. The monoisotopic (exact) mass is 260 g/mol. The second kappa shape index (κ2) is 5.48. The van der Waals surface area contributed by atoms with Gasteiger partial charge in [0.25, 0.3) is 5.91 Å². The maximum atomic E-state index is 12.9. The minimum Gasteiger partial charge on any atom is -0.507 e. The lowest BCUT2D eigenvalue weighted by atomic mass is 10.1. The number of carbonyl (C=O) groups is 1. The maximum Gasteiger partial charge on any atom is 0.262 e. The highest BCUT2D eigenvalue weighted by atomic mass is 19.1. The largest absolute Gasteiger partial charge is 0.507 e. The number of benzene rings is 1. The highest BCUT2D eigenvalue weighted by Gasteiger charge is 2.19. The molecule has 1 aromatic carbocycles. The number of phenols is 1. The van der Waals surface area contributed by atoms with Crippen LogP contribution in [0.15, 0.2) is 42.7 Å². The van der Waals surface area contributed by atoms with E-state index in [0.717, 1.165) is 12.1 Å². The van der Waals surface area contributed by atoms with Gasteiger partial charge >= 0.3 is 0 Å². The Morgan fingerprint density at radius 2 is 2.00 bits per heavy atom. The Morgan fingerprint density at radius 1 is 1.32 bits per heavy atom. The number of hydrogen-bond donors (Lipinski definition) is 1. The average Bonchev–Trinajstić information content (AvgIpc) is 2.40. The summed E-state index contributed by atoms with van der Waals surface area (Å²) in [6, 6.07) is 6.74. The first-order chi connectivity index (χ1) is 9.13. The molecule has 2 rings (SSSR count). The summed E-state index contributed by atoms with van der Waals surface area (Å²) in [6.45, 7) is 2.25. The van der Waals surface area contributed by atoms with E-state index in [4.69, 9.17) is 0 Å². The van der Waals surface area contributed by atoms with Crippen LogP contribution in [0.4, 0.5) is 10.1 Å². The standard InChI is InChI=1S/C14H13FN2O2/c1-2-17(11-5-7-16-8-6-11)14(19)12-4-3-10(15)9-13(12)18/h3-9,18H,2H2,1H3. The third kappa shape index (κ3) is 2.70. The van der Waals surface area contributed by atoms with Crippen molar-refractivity contribution in [2.24, 2.45) is 0 Å². The van der Waals surface area contributed by atoms with Crippen molar-refractivity contribution in [1.82, 2.24) is 4.98 Å². The molecular formula is C14H13FN2O2. The van der Waals surface area contributed by atoms with Gasteiger partial charge in [-0.1, -0.05) is 0 Å². The third-order valence-electron chi connectivity index (χ3n) is 2.73. The van der Waals surface area contributed by atoms with E-state index in [-0.39, 0.29) is 17.2 Å². The topological polar surface area (TPSA) is 53.4 Å². The summed E-state index contributed by atoms with van der Waals surface area (Å²) in [5, 5.41) is 9.65. The molecule has 1 N–H and O–H groups in total. The van der Waals surface area contributed by atoms with Crippen molar-refractivity contribution in [3.8, 4) is 5.75 Å². The molecule has 2 aromatic rings. The van der Waals surface area contributed by atoms with Crippen molar-refractivity contribution >= 4 is 11.6 Å². The number of phenolic OH excluding ortho intramolecular Hbond substituents is 1. The van der Waals surface area contributed by atoms with E-state index in [1.54, 1.807) is 24.5 Å². The zero-order chi connectivity index (χ0) is 13.8. The van der Waals surface area contributed by atoms with E-state index in [1.807, 2.05) is 6.92 Å². The first kappa shape index (κ1) is 13.0. The number of aromatic hydroxyl groups is 1. The number of rotatable bonds is 3. The van der Waals surface area contributed by atoms with E-state index < -0.39 is 5.82 Å². The van der Waals surface area contributed by atoms with Crippen LogP contribution in [-0.4, -0.2) is 22.5 Å². The number of aromatic nitrogens is 1. The molecule has 0 radical (unpaired) electrons. The normalized spacial score (nSPS) is 10.2. The molecule has 0 aliphatic heterocycles. The number of nitrogens with zero attached hydrogens (tertiary/aromatic N) is 2. The number of halogens is 1. The van der Waals surface area contributed by atoms with Gasteiger partial charge in [0.1, 0.15) is 11.6 Å². The fraction of sp³-hybridized carbons (Fsp3) is 0.143. The minimum absolute atomic E-state index is 0.0695. The molecule has 1 aromatic heterocycles. The van der Waals surface area contributed by atoms with Gasteiger partial charge in [-0.05, 0) is 31.2 Å². The van der Waals surface area contributed by atoms with Gasteiger partial charge in [-0.3, -0.25) is 9.78 Å². The summed E-state index contributed by atoms with van der Waals surface area (Å²) in [5.41, 5.74) is 0.742. The van der Waals surface area contributed by atoms with Crippen molar-refractivity contribution in [3.63, 3.8) is 0 Å². The Morgan fingerprint density at radius 3 is 2.58 bits per heavy atom. The highest BCUT2D eigenvalue weighted by molar-refractivity contribution is 6.07. The van der Waals surface area contributed by atoms with Crippen LogP contribution in [0, 0.1) is 5.82 Å². The van der Waals surface area contributed by atoms with Gasteiger partial charge in [0, 0.05) is 30.7 Å². The SMILES string of the molecule is CCN(C(=O)c1ccc(F)cc1O)c1ccncc1. The summed E-state index contributed by atoms with van der Waals surface area (Å²) in [5.74, 6) is -1.33. The summed E-state index contributed by atoms with van der Waals surface area (Å²) in [7, 11) is 0. The Labute approximate surface area is 110 Å². The zero-order valence-electron chi connectivity index (χ0n) is 10.4. The van der Waals surface area contributed by atoms with Gasteiger partial charge < -0.3 is 10.0 Å². The minimum atomic E-state index is -0.582. The van der Waals surface area contributed by atoms with Crippen LogP contribution < -0.4 is 4.90 Å². The lowest BCUT2D eigenvalue weighted by molar-refractivity contribution is 0.0985. The smallest absolute Gasteiger partial charge is 0.262 e. The second-order valence-electron chi connectivity index (χ2n) is 3.92. The van der Waals surface area contributed by atoms with Crippen LogP contribution in [0.1, 0.15) is 17.3 Å². The Bertz CT molecular complexity index is 587. The van der Waals surface area contributed by atoms with Gasteiger partial charge in [-0.15, -0.1) is 0 Å². The van der Waals surface area contributed by atoms with Gasteiger partial charge in [0.15, 0.2) is 0 Å². The van der Waals surface area contributed by atoms with Crippen molar-refractivity contribution in [2.75, 3.05) is 11.4 Å². The molecule has 1 heterocycles. The molecule has 0 saturated carbocycles. The quantitative estimate of drug-likeness (QED) is 0.922. The van der Waals surface area contributed by atoms with E-state index in [9.17, 15) is 14.3 Å². The van der Waals surface area contributed by atoms with E-state index in [2.05, 4.69) is 4.98 Å². The van der Waals surface area contributed by atoms with Crippen molar-refractivity contribution in [3.05, 3.63) is 54.1 Å². The van der Waals surface area contributed by atoms with Crippen LogP contribution >= 0.6 is 0 Å². The molecular weight excluding hydrogens is 247 g/mol. The van der Waals surface area contributed by atoms with Gasteiger partial charge in [-0.2, -0.15) is 0 Å². The summed E-state index contributed by atoms with van der Waals surface area (Å²) in [6.07, 6.45) is 3.16. The molecule has 0 atom stereocenters. The first-order valence-electron chi connectivity index (χ1n) is 5.84. The van der Waals surface area contributed by atoms with E-state index in [1.165, 1.54) is 11.0 Å². The Kier molecular flexibility index (Phi) is 3.75. The molecule has 0 saturated heterocycles. The Hall–Kier alpha value is -2.43. The predicted molar refractivity (Wildman–Crippen MR) is 69.7 cm³/mol. The molecule has 0 aliphatic rings. The number of amides is 1. The molecule has 98 valence electrons. The highest BCUT2D eigenvalue weighted by Crippen LogP contribution is 2.22. The number of carbonyl (C=O) groups excluding carboxylic acids is 1. The van der Waals surface area contributed by atoms with E-state index >= 15 is 0 Å². The molecule has 0 fully saturated rings. The van der Waals surface area contributed by atoms with Crippen molar-refractivity contribution < 1.29 is 14.3 Å². The number of hydrogen-bond acceptors (Lipinski definition) is 3. The number of pyridine rings is 1. The lowest BCUT2D eigenvalue weighted by Crippen LogP contribution is -2.30. The molecule has 0 aliphatic carbocycles. The fourth-order valence-corrected chi connectivity index (χ4v) is 1.80. The first-order valence-corrected chi connectivity index (χ1v) is 5.84. The molecule has 0 bridgehead atoms. The molecule has 5 heteroatoms. The molecule has 1 amide bonds. The number of anilines is 1. The van der Waals surface area contributed by atoms with Gasteiger partial charge in [0.2, 0.25) is 0 Å².